The monoisotopic (exact) mass is 434 g/mol. The maximum Gasteiger partial charge on any atom is 0.220 e. The highest BCUT2D eigenvalue weighted by Gasteiger charge is 2.38. The first-order valence-corrected chi connectivity index (χ1v) is 10.1. The van der Waals surface area contributed by atoms with E-state index in [0.717, 1.165) is 5.56 Å². The summed E-state index contributed by atoms with van der Waals surface area (Å²) >= 11 is 0. The van der Waals surface area contributed by atoms with Crippen LogP contribution in [0.2, 0.25) is 0 Å². The van der Waals surface area contributed by atoms with Crippen molar-refractivity contribution in [3.05, 3.63) is 64.5 Å². The smallest absolute Gasteiger partial charge is 0.220 e. The zero-order valence-corrected chi connectivity index (χ0v) is 17.5. The number of aryl methyl sites for hydroxylation is 1. The molecule has 1 fully saturated rings. The molecule has 1 aliphatic rings. The van der Waals surface area contributed by atoms with E-state index in [0.29, 0.717) is 31.2 Å². The van der Waals surface area contributed by atoms with E-state index in [1.54, 1.807) is 12.1 Å². The Labute approximate surface area is 179 Å². The van der Waals surface area contributed by atoms with Crippen molar-refractivity contribution in [2.24, 2.45) is 0 Å². The van der Waals surface area contributed by atoms with Crippen LogP contribution in [0.5, 0.6) is 5.75 Å². The molecule has 3 rings (SSSR count). The molecule has 166 valence electrons. The van der Waals surface area contributed by atoms with E-state index in [9.17, 15) is 22.8 Å². The van der Waals surface area contributed by atoms with Crippen LogP contribution in [-0.2, 0) is 22.6 Å². The van der Waals surface area contributed by atoms with Crippen molar-refractivity contribution in [2.75, 3.05) is 7.11 Å². The van der Waals surface area contributed by atoms with Gasteiger partial charge >= 0.3 is 0 Å². The van der Waals surface area contributed by atoms with E-state index >= 15 is 0 Å². The van der Waals surface area contributed by atoms with Crippen molar-refractivity contribution in [1.82, 2.24) is 10.6 Å². The van der Waals surface area contributed by atoms with Gasteiger partial charge in [0, 0.05) is 30.5 Å². The molecule has 1 aliphatic heterocycles. The molecule has 2 amide bonds. The first-order chi connectivity index (χ1) is 14.7. The highest BCUT2D eigenvalue weighted by molar-refractivity contribution is 5.80. The van der Waals surface area contributed by atoms with Gasteiger partial charge in [-0.15, -0.1) is 0 Å². The zero-order valence-electron chi connectivity index (χ0n) is 17.5. The fourth-order valence-corrected chi connectivity index (χ4v) is 3.89. The molecule has 2 aromatic carbocycles. The van der Waals surface area contributed by atoms with Crippen LogP contribution >= 0.6 is 0 Å². The molecule has 0 radical (unpaired) electrons. The van der Waals surface area contributed by atoms with Crippen LogP contribution in [0.25, 0.3) is 0 Å². The van der Waals surface area contributed by atoms with Crippen LogP contribution in [0.3, 0.4) is 0 Å². The number of carbonyl (C=O) groups is 2. The van der Waals surface area contributed by atoms with E-state index in [2.05, 4.69) is 10.6 Å². The van der Waals surface area contributed by atoms with Gasteiger partial charge in [-0.05, 0) is 55.5 Å². The Morgan fingerprint density at radius 1 is 1.19 bits per heavy atom. The lowest BCUT2D eigenvalue weighted by molar-refractivity contribution is -0.122. The molecule has 8 heteroatoms. The molecule has 0 bridgehead atoms. The quantitative estimate of drug-likeness (QED) is 0.666. The second-order valence-electron chi connectivity index (χ2n) is 7.91. The predicted molar refractivity (Wildman–Crippen MR) is 109 cm³/mol. The summed E-state index contributed by atoms with van der Waals surface area (Å²) < 4.78 is 46.7. The summed E-state index contributed by atoms with van der Waals surface area (Å²) in [6.07, 6.45) is 1.67. The summed E-state index contributed by atoms with van der Waals surface area (Å²) in [6, 6.07) is 7.00. The number of hydrogen-bond donors (Lipinski definition) is 2. The summed E-state index contributed by atoms with van der Waals surface area (Å²) in [6.45, 7) is 1.27. The van der Waals surface area contributed by atoms with Crippen LogP contribution in [0.4, 0.5) is 13.2 Å². The minimum Gasteiger partial charge on any atom is -0.494 e. The largest absolute Gasteiger partial charge is 0.494 e. The van der Waals surface area contributed by atoms with E-state index in [1.165, 1.54) is 32.2 Å². The molecule has 0 saturated carbocycles. The van der Waals surface area contributed by atoms with Crippen molar-refractivity contribution in [1.29, 1.82) is 0 Å². The highest BCUT2D eigenvalue weighted by Crippen LogP contribution is 2.31. The zero-order chi connectivity index (χ0) is 22.6. The van der Waals surface area contributed by atoms with Gasteiger partial charge in [-0.3, -0.25) is 9.59 Å². The number of carbonyl (C=O) groups excluding carboxylic acids is 2. The van der Waals surface area contributed by atoms with Gasteiger partial charge < -0.3 is 15.4 Å². The molecule has 0 aromatic heterocycles. The van der Waals surface area contributed by atoms with Crippen LogP contribution in [0.15, 0.2) is 30.3 Å². The standard InChI is InChI=1S/C23H25F3N2O3/c1-14-3-5-17(24)16(22(14)26)13-27-20(29)7-9-23(10-8-21(30)28-23)12-15-4-6-18(25)19(11-15)31-2/h3-6,11H,7-10,12-13H2,1-2H3,(H,27,29)(H,28,30). The first kappa shape index (κ1) is 22.7. The second-order valence-corrected chi connectivity index (χ2v) is 7.91. The average Bonchev–Trinajstić information content (AvgIpc) is 3.11. The number of benzene rings is 2. The number of nitrogens with one attached hydrogen (secondary N) is 2. The molecule has 2 N–H and O–H groups in total. The third kappa shape index (κ3) is 5.37. The summed E-state index contributed by atoms with van der Waals surface area (Å²) in [7, 11) is 1.37. The maximum atomic E-state index is 14.1. The van der Waals surface area contributed by atoms with Crippen molar-refractivity contribution >= 4 is 11.8 Å². The van der Waals surface area contributed by atoms with Crippen LogP contribution in [-0.4, -0.2) is 24.5 Å². The third-order valence-corrected chi connectivity index (χ3v) is 5.67. The van der Waals surface area contributed by atoms with Gasteiger partial charge in [0.2, 0.25) is 11.8 Å². The SMILES string of the molecule is COc1cc(CC2(CCC(=O)NCc3c(F)ccc(C)c3F)CCC(=O)N2)ccc1F. The molecule has 31 heavy (non-hydrogen) atoms. The van der Waals surface area contributed by atoms with Crippen LogP contribution in [0.1, 0.15) is 42.4 Å². The minimum atomic E-state index is -0.715. The summed E-state index contributed by atoms with van der Waals surface area (Å²) in [5, 5.41) is 5.50. The lowest BCUT2D eigenvalue weighted by atomic mass is 9.85. The van der Waals surface area contributed by atoms with Crippen molar-refractivity contribution < 1.29 is 27.5 Å². The molecule has 1 unspecified atom stereocenters. The van der Waals surface area contributed by atoms with E-state index in [1.807, 2.05) is 0 Å². The molecule has 1 saturated heterocycles. The Morgan fingerprint density at radius 2 is 1.94 bits per heavy atom. The average molecular weight is 434 g/mol. The molecule has 5 nitrogen and oxygen atoms in total. The second kappa shape index (κ2) is 9.41. The Hall–Kier alpha value is -3.03. The molecular weight excluding hydrogens is 409 g/mol. The molecule has 0 spiro atoms. The number of hydrogen-bond acceptors (Lipinski definition) is 3. The molecule has 0 aliphatic carbocycles. The van der Waals surface area contributed by atoms with Gasteiger partial charge in [0.05, 0.1) is 7.11 Å². The van der Waals surface area contributed by atoms with Gasteiger partial charge in [-0.1, -0.05) is 12.1 Å². The summed E-state index contributed by atoms with van der Waals surface area (Å²) in [5.74, 6) is -2.25. The Morgan fingerprint density at radius 3 is 2.61 bits per heavy atom. The van der Waals surface area contributed by atoms with Gasteiger partial charge in [0.1, 0.15) is 11.6 Å². The van der Waals surface area contributed by atoms with Crippen LogP contribution < -0.4 is 15.4 Å². The highest BCUT2D eigenvalue weighted by atomic mass is 19.1. The Bertz CT molecular complexity index is 996. The minimum absolute atomic E-state index is 0.0632. The number of ether oxygens (including phenoxy) is 1. The summed E-state index contributed by atoms with van der Waals surface area (Å²) in [5.41, 5.74) is 0.227. The Kier molecular flexibility index (Phi) is 6.87. The number of amides is 2. The third-order valence-electron chi connectivity index (χ3n) is 5.67. The number of methoxy groups -OCH3 is 1. The number of rotatable bonds is 8. The normalized spacial score (nSPS) is 18.0. The van der Waals surface area contributed by atoms with Crippen LogP contribution in [0, 0.1) is 24.4 Å². The Balaban J connectivity index is 1.65. The predicted octanol–water partition coefficient (Wildman–Crippen LogP) is 3.71. The molecule has 1 atom stereocenters. The van der Waals surface area contributed by atoms with Gasteiger partial charge in [0.15, 0.2) is 11.6 Å². The fraction of sp³-hybridized carbons (Fsp3) is 0.391. The topological polar surface area (TPSA) is 67.4 Å². The summed E-state index contributed by atoms with van der Waals surface area (Å²) in [4.78, 5) is 24.3. The van der Waals surface area contributed by atoms with Gasteiger partial charge in [-0.25, -0.2) is 13.2 Å². The van der Waals surface area contributed by atoms with Crippen molar-refractivity contribution in [3.8, 4) is 5.75 Å². The van der Waals surface area contributed by atoms with E-state index < -0.39 is 23.0 Å². The van der Waals surface area contributed by atoms with Gasteiger partial charge in [0.25, 0.3) is 0 Å². The maximum absolute atomic E-state index is 14.1. The first-order valence-electron chi connectivity index (χ1n) is 10.1. The van der Waals surface area contributed by atoms with E-state index in [-0.39, 0.29) is 36.1 Å². The van der Waals surface area contributed by atoms with Crippen molar-refractivity contribution in [2.45, 2.75) is 51.1 Å². The molecule has 1 heterocycles. The van der Waals surface area contributed by atoms with Gasteiger partial charge in [-0.2, -0.15) is 0 Å². The lowest BCUT2D eigenvalue weighted by Crippen LogP contribution is -2.44. The lowest BCUT2D eigenvalue weighted by Gasteiger charge is -2.29. The molecular formula is C23H25F3N2O3. The molecule has 2 aromatic rings. The van der Waals surface area contributed by atoms with E-state index in [4.69, 9.17) is 4.74 Å². The number of halogens is 3. The fourth-order valence-electron chi connectivity index (χ4n) is 3.89. The van der Waals surface area contributed by atoms with Crippen molar-refractivity contribution in [3.63, 3.8) is 0 Å².